The number of nitrogens with zero attached hydrogens (tertiary/aromatic N) is 1. The van der Waals surface area contributed by atoms with Gasteiger partial charge < -0.3 is 4.90 Å². The summed E-state index contributed by atoms with van der Waals surface area (Å²) in [5, 5.41) is 1.08. The van der Waals surface area contributed by atoms with Gasteiger partial charge in [-0.1, -0.05) is 15.9 Å². The predicted molar refractivity (Wildman–Crippen MR) is 49.7 cm³/mol. The molecule has 0 amide bonds. The minimum absolute atomic E-state index is 1.08. The van der Waals surface area contributed by atoms with Crippen LogP contribution in [0.1, 0.15) is 0 Å². The SMILES string of the molecule is CSCCN(C)CCBr. The van der Waals surface area contributed by atoms with Crippen molar-refractivity contribution in [2.24, 2.45) is 0 Å². The zero-order valence-corrected chi connectivity index (χ0v) is 8.46. The third-order valence-corrected chi connectivity index (χ3v) is 2.09. The van der Waals surface area contributed by atoms with E-state index in [0.717, 1.165) is 11.9 Å². The molecule has 0 radical (unpaired) electrons. The smallest absolute Gasteiger partial charge is 0.0159 e. The highest BCUT2D eigenvalue weighted by molar-refractivity contribution is 9.09. The van der Waals surface area contributed by atoms with Crippen molar-refractivity contribution in [3.05, 3.63) is 0 Å². The number of alkyl halides is 1. The molecule has 0 aromatic carbocycles. The van der Waals surface area contributed by atoms with E-state index in [9.17, 15) is 0 Å². The minimum atomic E-state index is 1.08. The Hall–Kier alpha value is 0.790. The Morgan fingerprint density at radius 2 is 2.11 bits per heavy atom. The largest absolute Gasteiger partial charge is 0.305 e. The van der Waals surface area contributed by atoms with E-state index in [1.54, 1.807) is 0 Å². The Labute approximate surface area is 70.3 Å². The van der Waals surface area contributed by atoms with Crippen LogP contribution in [-0.2, 0) is 0 Å². The van der Waals surface area contributed by atoms with Gasteiger partial charge in [-0.15, -0.1) is 0 Å². The maximum atomic E-state index is 3.39. The molecule has 0 aromatic heterocycles. The fraction of sp³-hybridized carbons (Fsp3) is 1.00. The van der Waals surface area contributed by atoms with Crippen molar-refractivity contribution < 1.29 is 0 Å². The van der Waals surface area contributed by atoms with Crippen LogP contribution in [-0.4, -0.2) is 42.4 Å². The zero-order valence-electron chi connectivity index (χ0n) is 6.06. The molecule has 9 heavy (non-hydrogen) atoms. The van der Waals surface area contributed by atoms with Crippen LogP contribution in [0.5, 0.6) is 0 Å². The second kappa shape index (κ2) is 6.90. The fourth-order valence-corrected chi connectivity index (χ4v) is 1.60. The molecule has 3 heteroatoms. The van der Waals surface area contributed by atoms with Crippen LogP contribution in [0.3, 0.4) is 0 Å². The lowest BCUT2D eigenvalue weighted by molar-refractivity contribution is 0.381. The van der Waals surface area contributed by atoms with Crippen LogP contribution in [0, 0.1) is 0 Å². The summed E-state index contributed by atoms with van der Waals surface area (Å²) in [5.41, 5.74) is 0. The normalized spacial score (nSPS) is 10.7. The first-order valence-electron chi connectivity index (χ1n) is 3.04. The van der Waals surface area contributed by atoms with Crippen molar-refractivity contribution >= 4 is 27.7 Å². The average molecular weight is 212 g/mol. The van der Waals surface area contributed by atoms with Gasteiger partial charge in [-0.3, -0.25) is 0 Å². The second-order valence-corrected chi connectivity index (χ2v) is 3.76. The van der Waals surface area contributed by atoms with Crippen molar-refractivity contribution in [2.45, 2.75) is 0 Å². The van der Waals surface area contributed by atoms with E-state index in [0.29, 0.717) is 0 Å². The molecule has 0 unspecified atom stereocenters. The highest BCUT2D eigenvalue weighted by atomic mass is 79.9. The molecule has 0 atom stereocenters. The number of rotatable bonds is 5. The van der Waals surface area contributed by atoms with Crippen molar-refractivity contribution in [3.8, 4) is 0 Å². The Morgan fingerprint density at radius 1 is 1.44 bits per heavy atom. The average Bonchev–Trinajstić information content (AvgIpc) is 1.85. The van der Waals surface area contributed by atoms with Gasteiger partial charge in [0.15, 0.2) is 0 Å². The van der Waals surface area contributed by atoms with Crippen LogP contribution >= 0.6 is 27.7 Å². The summed E-state index contributed by atoms with van der Waals surface area (Å²) < 4.78 is 0. The van der Waals surface area contributed by atoms with Gasteiger partial charge in [0, 0.05) is 24.2 Å². The van der Waals surface area contributed by atoms with Gasteiger partial charge in [0.25, 0.3) is 0 Å². The first-order chi connectivity index (χ1) is 4.31. The first kappa shape index (κ1) is 9.79. The lowest BCUT2D eigenvalue weighted by atomic mass is 10.6. The summed E-state index contributed by atoms with van der Waals surface area (Å²) in [6.45, 7) is 2.35. The quantitative estimate of drug-likeness (QED) is 0.638. The van der Waals surface area contributed by atoms with Crippen LogP contribution in [0.2, 0.25) is 0 Å². The maximum absolute atomic E-state index is 3.39. The Kier molecular flexibility index (Phi) is 7.51. The van der Waals surface area contributed by atoms with Gasteiger partial charge in [-0.2, -0.15) is 11.8 Å². The summed E-state index contributed by atoms with van der Waals surface area (Å²) >= 11 is 5.29. The Bertz CT molecular complexity index is 61.0. The molecule has 1 nitrogen and oxygen atoms in total. The van der Waals surface area contributed by atoms with Crippen LogP contribution in [0.15, 0.2) is 0 Å². The number of hydrogen-bond acceptors (Lipinski definition) is 2. The molecule has 0 saturated carbocycles. The van der Waals surface area contributed by atoms with E-state index in [1.807, 2.05) is 11.8 Å². The molecule has 0 bridgehead atoms. The van der Waals surface area contributed by atoms with Gasteiger partial charge in [0.05, 0.1) is 0 Å². The van der Waals surface area contributed by atoms with E-state index < -0.39 is 0 Å². The van der Waals surface area contributed by atoms with Crippen LogP contribution in [0.4, 0.5) is 0 Å². The van der Waals surface area contributed by atoms with Gasteiger partial charge >= 0.3 is 0 Å². The number of halogens is 1. The molecule has 0 rings (SSSR count). The zero-order chi connectivity index (χ0) is 7.11. The molecule has 56 valence electrons. The maximum Gasteiger partial charge on any atom is 0.0159 e. The topological polar surface area (TPSA) is 3.24 Å². The van der Waals surface area contributed by atoms with E-state index >= 15 is 0 Å². The molecule has 0 saturated heterocycles. The third kappa shape index (κ3) is 6.68. The summed E-state index contributed by atoms with van der Waals surface area (Å²) in [5.74, 6) is 1.24. The van der Waals surface area contributed by atoms with E-state index in [1.165, 1.54) is 12.3 Å². The fourth-order valence-electron chi connectivity index (χ4n) is 0.503. The molecule has 0 aliphatic heterocycles. The molecule has 0 aliphatic carbocycles. The third-order valence-electron chi connectivity index (χ3n) is 1.14. The summed E-state index contributed by atoms with van der Waals surface area (Å²) in [6, 6.07) is 0. The van der Waals surface area contributed by atoms with E-state index in [2.05, 4.69) is 34.1 Å². The standard InChI is InChI=1S/C6H14BrNS/c1-8(4-3-7)5-6-9-2/h3-6H2,1-2H3. The Balaban J connectivity index is 2.95. The summed E-state index contributed by atoms with van der Waals surface area (Å²) in [7, 11) is 2.15. The Morgan fingerprint density at radius 3 is 2.56 bits per heavy atom. The van der Waals surface area contributed by atoms with Gasteiger partial charge in [0.2, 0.25) is 0 Å². The second-order valence-electron chi connectivity index (χ2n) is 1.99. The highest BCUT2D eigenvalue weighted by Crippen LogP contribution is 1.93. The van der Waals surface area contributed by atoms with Crippen molar-refractivity contribution in [3.63, 3.8) is 0 Å². The van der Waals surface area contributed by atoms with Crippen LogP contribution < -0.4 is 0 Å². The minimum Gasteiger partial charge on any atom is -0.305 e. The van der Waals surface area contributed by atoms with Gasteiger partial charge in [-0.05, 0) is 13.3 Å². The first-order valence-corrected chi connectivity index (χ1v) is 5.56. The van der Waals surface area contributed by atoms with Crippen LogP contribution in [0.25, 0.3) is 0 Å². The molecule has 0 spiro atoms. The van der Waals surface area contributed by atoms with Gasteiger partial charge in [0.1, 0.15) is 0 Å². The molecular weight excluding hydrogens is 198 g/mol. The lowest BCUT2D eigenvalue weighted by Crippen LogP contribution is -2.22. The van der Waals surface area contributed by atoms with E-state index in [4.69, 9.17) is 0 Å². The van der Waals surface area contributed by atoms with Crippen molar-refractivity contribution in [2.75, 3.05) is 37.5 Å². The van der Waals surface area contributed by atoms with Crippen molar-refractivity contribution in [1.29, 1.82) is 0 Å². The predicted octanol–water partition coefficient (Wildman–Crippen LogP) is 1.68. The molecular formula is C6H14BrNS. The monoisotopic (exact) mass is 211 g/mol. The van der Waals surface area contributed by atoms with Crippen molar-refractivity contribution in [1.82, 2.24) is 4.90 Å². The molecule has 0 fully saturated rings. The molecule has 0 aliphatic rings. The lowest BCUT2D eigenvalue weighted by Gasteiger charge is -2.12. The summed E-state index contributed by atoms with van der Waals surface area (Å²) in [4.78, 5) is 2.32. The molecule has 0 heterocycles. The molecule has 0 aromatic rings. The molecule has 0 N–H and O–H groups in total. The number of thioether (sulfide) groups is 1. The summed E-state index contributed by atoms with van der Waals surface area (Å²) in [6.07, 6.45) is 2.14. The highest BCUT2D eigenvalue weighted by Gasteiger charge is 1.93. The van der Waals surface area contributed by atoms with Gasteiger partial charge in [-0.25, -0.2) is 0 Å². The number of hydrogen-bond donors (Lipinski definition) is 0. The van der Waals surface area contributed by atoms with E-state index in [-0.39, 0.29) is 0 Å².